The van der Waals surface area contributed by atoms with Crippen LogP contribution in [0.25, 0.3) is 5.69 Å². The van der Waals surface area contributed by atoms with Gasteiger partial charge in [-0.25, -0.2) is 0 Å². The van der Waals surface area contributed by atoms with Crippen molar-refractivity contribution in [3.63, 3.8) is 0 Å². The Kier molecular flexibility index (Phi) is 7.51. The molecule has 172 valence electrons. The second-order valence-electron chi connectivity index (χ2n) is 7.27. The molecule has 4 aromatic rings. The van der Waals surface area contributed by atoms with E-state index in [0.717, 1.165) is 29.8 Å². The zero-order chi connectivity index (χ0) is 23.2. The first-order chi connectivity index (χ1) is 16.1. The van der Waals surface area contributed by atoms with Crippen LogP contribution in [0.1, 0.15) is 36.4 Å². The van der Waals surface area contributed by atoms with Crippen LogP contribution in [0.4, 0.5) is 0 Å². The Labute approximate surface area is 201 Å². The number of halogens is 1. The summed E-state index contributed by atoms with van der Waals surface area (Å²) in [4.78, 5) is 4.43. The van der Waals surface area contributed by atoms with Crippen molar-refractivity contribution < 1.29 is 14.0 Å². The third-order valence-corrected chi connectivity index (χ3v) is 6.17. The maximum atomic E-state index is 6.41. The maximum absolute atomic E-state index is 6.41. The fraction of sp³-hybridized carbons (Fsp3) is 0.304. The molecule has 2 heterocycles. The van der Waals surface area contributed by atoms with Crippen molar-refractivity contribution >= 4 is 23.4 Å². The van der Waals surface area contributed by atoms with Gasteiger partial charge in [-0.05, 0) is 55.3 Å². The summed E-state index contributed by atoms with van der Waals surface area (Å²) in [7, 11) is 1.63. The van der Waals surface area contributed by atoms with E-state index in [0.29, 0.717) is 39.2 Å². The van der Waals surface area contributed by atoms with Gasteiger partial charge in [0.1, 0.15) is 18.1 Å². The van der Waals surface area contributed by atoms with E-state index in [1.165, 1.54) is 11.8 Å². The van der Waals surface area contributed by atoms with Crippen LogP contribution in [0.3, 0.4) is 0 Å². The fourth-order valence-corrected chi connectivity index (χ4v) is 4.07. The highest BCUT2D eigenvalue weighted by molar-refractivity contribution is 7.98. The smallest absolute Gasteiger partial charge is 0.237 e. The molecular formula is C23H24ClN5O3S. The van der Waals surface area contributed by atoms with Gasteiger partial charge in [-0.3, -0.25) is 4.57 Å². The number of nitrogens with zero attached hydrogens (tertiary/aromatic N) is 5. The zero-order valence-electron chi connectivity index (χ0n) is 18.6. The predicted molar refractivity (Wildman–Crippen MR) is 126 cm³/mol. The molecule has 0 bridgehead atoms. The summed E-state index contributed by atoms with van der Waals surface area (Å²) < 4.78 is 18.4. The normalized spacial score (nSPS) is 11.0. The monoisotopic (exact) mass is 485 g/mol. The molecule has 8 nitrogen and oxygen atoms in total. The number of aryl methyl sites for hydroxylation is 2. The van der Waals surface area contributed by atoms with Crippen LogP contribution in [0.15, 0.2) is 52.1 Å². The lowest BCUT2D eigenvalue weighted by atomic mass is 10.2. The molecule has 10 heteroatoms. The Balaban J connectivity index is 1.57. The summed E-state index contributed by atoms with van der Waals surface area (Å²) in [6.07, 6.45) is 1.76. The Hall–Kier alpha value is -3.04. The lowest BCUT2D eigenvalue weighted by Gasteiger charge is -2.12. The lowest BCUT2D eigenvalue weighted by molar-refractivity contribution is 0.292. The van der Waals surface area contributed by atoms with Crippen LogP contribution in [-0.2, 0) is 18.8 Å². The van der Waals surface area contributed by atoms with E-state index in [2.05, 4.69) is 27.3 Å². The van der Waals surface area contributed by atoms with E-state index in [4.69, 9.17) is 25.6 Å². The second-order valence-corrected chi connectivity index (χ2v) is 8.62. The first kappa shape index (κ1) is 23.1. The van der Waals surface area contributed by atoms with Crippen LogP contribution in [0.5, 0.6) is 11.5 Å². The Bertz CT molecular complexity index is 1210. The second kappa shape index (κ2) is 10.7. The highest BCUT2D eigenvalue weighted by atomic mass is 35.5. The minimum absolute atomic E-state index is 0.229. The SMILES string of the molecule is CCCc1noc(CSc2nnc(COc3ccc(OC)cc3)n2-c2ccc(C)c(Cl)c2)n1. The average molecular weight is 486 g/mol. The number of hydrogen-bond donors (Lipinski definition) is 0. The summed E-state index contributed by atoms with van der Waals surface area (Å²) in [6.45, 7) is 4.27. The fourth-order valence-electron chi connectivity index (χ4n) is 3.09. The van der Waals surface area contributed by atoms with Gasteiger partial charge in [-0.1, -0.05) is 41.5 Å². The van der Waals surface area contributed by atoms with Crippen molar-refractivity contribution in [2.75, 3.05) is 7.11 Å². The summed E-state index contributed by atoms with van der Waals surface area (Å²) in [5, 5.41) is 14.1. The first-order valence-electron chi connectivity index (χ1n) is 10.5. The number of thioether (sulfide) groups is 1. The lowest BCUT2D eigenvalue weighted by Crippen LogP contribution is -2.07. The molecule has 33 heavy (non-hydrogen) atoms. The molecule has 0 saturated carbocycles. The first-order valence-corrected chi connectivity index (χ1v) is 11.9. The van der Waals surface area contributed by atoms with Gasteiger partial charge in [-0.2, -0.15) is 4.98 Å². The van der Waals surface area contributed by atoms with E-state index < -0.39 is 0 Å². The van der Waals surface area contributed by atoms with Gasteiger partial charge in [0.15, 0.2) is 16.8 Å². The molecule has 0 atom stereocenters. The van der Waals surface area contributed by atoms with Crippen molar-refractivity contribution in [1.82, 2.24) is 24.9 Å². The van der Waals surface area contributed by atoms with Crippen LogP contribution in [-0.4, -0.2) is 32.0 Å². The number of ether oxygens (including phenoxy) is 2. The molecule has 0 N–H and O–H groups in total. The summed E-state index contributed by atoms with van der Waals surface area (Å²) in [5.74, 6) is 3.86. The van der Waals surface area contributed by atoms with Gasteiger partial charge < -0.3 is 14.0 Å². The molecule has 0 spiro atoms. The largest absolute Gasteiger partial charge is 0.497 e. The molecule has 0 aliphatic heterocycles. The highest BCUT2D eigenvalue weighted by Gasteiger charge is 2.17. The van der Waals surface area contributed by atoms with E-state index in [9.17, 15) is 0 Å². The van der Waals surface area contributed by atoms with Gasteiger partial charge in [0, 0.05) is 11.4 Å². The average Bonchev–Trinajstić information content (AvgIpc) is 3.45. The minimum Gasteiger partial charge on any atom is -0.497 e. The zero-order valence-corrected chi connectivity index (χ0v) is 20.2. The molecule has 0 radical (unpaired) electrons. The molecular weight excluding hydrogens is 462 g/mol. The Morgan fingerprint density at radius 2 is 1.88 bits per heavy atom. The van der Waals surface area contributed by atoms with E-state index >= 15 is 0 Å². The van der Waals surface area contributed by atoms with Crippen LogP contribution in [0, 0.1) is 6.92 Å². The molecule has 0 saturated heterocycles. The highest BCUT2D eigenvalue weighted by Crippen LogP contribution is 2.28. The minimum atomic E-state index is 0.229. The van der Waals surface area contributed by atoms with Crippen molar-refractivity contribution in [3.05, 3.63) is 70.6 Å². The standard InChI is InChI=1S/C23H24ClN5O3S/c1-4-5-20-25-22(32-28-20)14-33-23-27-26-21(13-31-18-10-8-17(30-3)9-11-18)29(23)16-7-6-15(2)19(24)12-16/h6-12H,4-5,13-14H2,1-3H3. The third-order valence-electron chi connectivity index (χ3n) is 4.85. The number of rotatable bonds is 10. The molecule has 2 aromatic heterocycles. The van der Waals surface area contributed by atoms with E-state index in [-0.39, 0.29) is 6.61 Å². The predicted octanol–water partition coefficient (Wildman–Crippen LogP) is 5.44. The third kappa shape index (κ3) is 5.66. The van der Waals surface area contributed by atoms with Gasteiger partial charge in [0.2, 0.25) is 5.89 Å². The van der Waals surface area contributed by atoms with Crippen molar-refractivity contribution in [2.24, 2.45) is 0 Å². The number of methoxy groups -OCH3 is 1. The quantitative estimate of drug-likeness (QED) is 0.274. The van der Waals surface area contributed by atoms with Crippen LogP contribution >= 0.6 is 23.4 Å². The van der Waals surface area contributed by atoms with Gasteiger partial charge >= 0.3 is 0 Å². The van der Waals surface area contributed by atoms with E-state index in [1.54, 1.807) is 7.11 Å². The van der Waals surface area contributed by atoms with Crippen LogP contribution in [0.2, 0.25) is 5.02 Å². The van der Waals surface area contributed by atoms with Crippen molar-refractivity contribution in [2.45, 2.75) is 44.2 Å². The van der Waals surface area contributed by atoms with Crippen molar-refractivity contribution in [3.8, 4) is 17.2 Å². The van der Waals surface area contributed by atoms with Crippen molar-refractivity contribution in [1.29, 1.82) is 0 Å². The van der Waals surface area contributed by atoms with Crippen LogP contribution < -0.4 is 9.47 Å². The molecule has 2 aromatic carbocycles. The molecule has 0 amide bonds. The maximum Gasteiger partial charge on any atom is 0.237 e. The Morgan fingerprint density at radius 1 is 1.09 bits per heavy atom. The number of hydrogen-bond acceptors (Lipinski definition) is 8. The van der Waals surface area contributed by atoms with Gasteiger partial charge in [0.25, 0.3) is 0 Å². The molecule has 0 unspecified atom stereocenters. The summed E-state index contributed by atoms with van der Waals surface area (Å²) >= 11 is 7.87. The van der Waals surface area contributed by atoms with Gasteiger partial charge in [-0.15, -0.1) is 10.2 Å². The molecule has 0 fully saturated rings. The van der Waals surface area contributed by atoms with Gasteiger partial charge in [0.05, 0.1) is 18.6 Å². The number of benzene rings is 2. The molecule has 0 aliphatic carbocycles. The molecule has 0 aliphatic rings. The Morgan fingerprint density at radius 3 is 2.61 bits per heavy atom. The summed E-state index contributed by atoms with van der Waals surface area (Å²) in [6, 6.07) is 13.2. The topological polar surface area (TPSA) is 88.1 Å². The van der Waals surface area contributed by atoms with E-state index in [1.807, 2.05) is 54.0 Å². The molecule has 4 rings (SSSR count). The number of aromatic nitrogens is 5. The summed E-state index contributed by atoms with van der Waals surface area (Å²) in [5.41, 5.74) is 1.84.